The van der Waals surface area contributed by atoms with Crippen LogP contribution >= 0.6 is 11.3 Å². The summed E-state index contributed by atoms with van der Waals surface area (Å²) in [6.07, 6.45) is 4.15. The van der Waals surface area contributed by atoms with Crippen molar-refractivity contribution in [2.24, 2.45) is 0 Å². The molecule has 5 heteroatoms. The van der Waals surface area contributed by atoms with Crippen molar-refractivity contribution in [1.82, 2.24) is 15.2 Å². The molecule has 0 aromatic carbocycles. The van der Waals surface area contributed by atoms with Crippen molar-refractivity contribution in [1.29, 1.82) is 0 Å². The number of thiophene rings is 1. The lowest BCUT2D eigenvalue weighted by Crippen LogP contribution is -2.26. The zero-order chi connectivity index (χ0) is 15.5. The second-order valence-corrected chi connectivity index (χ2v) is 6.89. The third-order valence-corrected chi connectivity index (χ3v) is 5.28. The van der Waals surface area contributed by atoms with Crippen LogP contribution in [-0.2, 0) is 6.54 Å². The van der Waals surface area contributed by atoms with Gasteiger partial charge in [0.15, 0.2) is 0 Å². The van der Waals surface area contributed by atoms with Crippen molar-refractivity contribution >= 4 is 17.2 Å². The average molecular weight is 315 g/mol. The molecule has 1 N–H and O–H groups in total. The van der Waals surface area contributed by atoms with Gasteiger partial charge in [-0.05, 0) is 50.1 Å². The molecule has 2 aromatic heterocycles. The molecule has 0 saturated carbocycles. The number of carbonyl (C=O) groups is 1. The summed E-state index contributed by atoms with van der Waals surface area (Å²) < 4.78 is 0. The molecule has 1 fully saturated rings. The first-order valence-electron chi connectivity index (χ1n) is 7.64. The average Bonchev–Trinajstić information content (AvgIpc) is 3.19. The molecule has 1 aliphatic rings. The standard InChI is InChI=1S/C17H21N3OS/c1-12-5-3-9-19-14(12)11-20(2)17(21)16-8-7-15(22-16)13-6-4-10-18-13/h3,5,7-9,13,18H,4,6,10-11H2,1-2H3/t13-/m0/s1. The van der Waals surface area contributed by atoms with E-state index in [1.807, 2.05) is 32.2 Å². The number of hydrogen-bond acceptors (Lipinski definition) is 4. The predicted molar refractivity (Wildman–Crippen MR) is 89.1 cm³/mol. The zero-order valence-corrected chi connectivity index (χ0v) is 13.8. The quantitative estimate of drug-likeness (QED) is 0.943. The molecule has 22 heavy (non-hydrogen) atoms. The maximum absolute atomic E-state index is 12.6. The van der Waals surface area contributed by atoms with E-state index in [0.717, 1.165) is 29.1 Å². The topological polar surface area (TPSA) is 45.2 Å². The van der Waals surface area contributed by atoms with Crippen molar-refractivity contribution < 1.29 is 4.79 Å². The van der Waals surface area contributed by atoms with Crippen LogP contribution in [0, 0.1) is 6.92 Å². The molecule has 3 rings (SSSR count). The molecular weight excluding hydrogens is 294 g/mol. The van der Waals surface area contributed by atoms with E-state index in [4.69, 9.17) is 0 Å². The van der Waals surface area contributed by atoms with Crippen LogP contribution in [0.2, 0.25) is 0 Å². The number of pyridine rings is 1. The number of hydrogen-bond donors (Lipinski definition) is 1. The lowest BCUT2D eigenvalue weighted by molar-refractivity contribution is 0.0788. The monoisotopic (exact) mass is 315 g/mol. The Hall–Kier alpha value is -1.72. The minimum Gasteiger partial charge on any atom is -0.335 e. The van der Waals surface area contributed by atoms with Gasteiger partial charge in [-0.3, -0.25) is 9.78 Å². The maximum atomic E-state index is 12.6. The highest BCUT2D eigenvalue weighted by Gasteiger charge is 2.21. The molecule has 0 spiro atoms. The van der Waals surface area contributed by atoms with Gasteiger partial charge in [0.05, 0.1) is 17.1 Å². The Morgan fingerprint density at radius 3 is 3.05 bits per heavy atom. The van der Waals surface area contributed by atoms with Crippen molar-refractivity contribution in [2.75, 3.05) is 13.6 Å². The fraction of sp³-hybridized carbons (Fsp3) is 0.412. The summed E-state index contributed by atoms with van der Waals surface area (Å²) in [4.78, 5) is 20.8. The van der Waals surface area contributed by atoms with E-state index >= 15 is 0 Å². The lowest BCUT2D eigenvalue weighted by atomic mass is 10.2. The van der Waals surface area contributed by atoms with Crippen LogP contribution in [0.5, 0.6) is 0 Å². The van der Waals surface area contributed by atoms with Crippen LogP contribution in [-0.4, -0.2) is 29.4 Å². The van der Waals surface area contributed by atoms with E-state index < -0.39 is 0 Å². The molecule has 1 atom stereocenters. The van der Waals surface area contributed by atoms with E-state index in [-0.39, 0.29) is 5.91 Å². The van der Waals surface area contributed by atoms with Crippen molar-refractivity contribution in [3.05, 3.63) is 51.5 Å². The Labute approximate surface area is 135 Å². The minimum absolute atomic E-state index is 0.0688. The van der Waals surface area contributed by atoms with Crippen LogP contribution in [0.1, 0.15) is 44.7 Å². The van der Waals surface area contributed by atoms with Gasteiger partial charge in [0.2, 0.25) is 0 Å². The van der Waals surface area contributed by atoms with E-state index in [1.165, 1.54) is 11.3 Å². The number of aromatic nitrogens is 1. The van der Waals surface area contributed by atoms with E-state index in [2.05, 4.69) is 16.4 Å². The van der Waals surface area contributed by atoms with Gasteiger partial charge in [0.1, 0.15) is 0 Å². The van der Waals surface area contributed by atoms with Crippen LogP contribution in [0.4, 0.5) is 0 Å². The second kappa shape index (κ2) is 6.58. The third-order valence-electron chi connectivity index (χ3n) is 4.09. The fourth-order valence-corrected chi connectivity index (χ4v) is 3.86. The van der Waals surface area contributed by atoms with Gasteiger partial charge < -0.3 is 10.2 Å². The van der Waals surface area contributed by atoms with Crippen LogP contribution in [0.25, 0.3) is 0 Å². The Bertz CT molecular complexity index is 661. The van der Waals surface area contributed by atoms with Gasteiger partial charge in [0.25, 0.3) is 5.91 Å². The first-order valence-corrected chi connectivity index (χ1v) is 8.46. The lowest BCUT2D eigenvalue weighted by Gasteiger charge is -2.17. The number of nitrogens with zero attached hydrogens (tertiary/aromatic N) is 2. The van der Waals surface area contributed by atoms with Gasteiger partial charge in [-0.25, -0.2) is 0 Å². The molecule has 3 heterocycles. The molecule has 0 unspecified atom stereocenters. The Morgan fingerprint density at radius 1 is 1.45 bits per heavy atom. The third kappa shape index (κ3) is 3.20. The summed E-state index contributed by atoms with van der Waals surface area (Å²) in [6.45, 7) is 3.64. The number of nitrogens with one attached hydrogen (secondary N) is 1. The molecule has 0 radical (unpaired) electrons. The summed E-state index contributed by atoms with van der Waals surface area (Å²) in [5.74, 6) is 0.0688. The smallest absolute Gasteiger partial charge is 0.264 e. The highest BCUT2D eigenvalue weighted by molar-refractivity contribution is 7.14. The summed E-state index contributed by atoms with van der Waals surface area (Å²) in [5.41, 5.74) is 2.07. The van der Waals surface area contributed by atoms with Gasteiger partial charge in [-0.1, -0.05) is 6.07 Å². The van der Waals surface area contributed by atoms with Crippen LogP contribution < -0.4 is 5.32 Å². The van der Waals surface area contributed by atoms with E-state index in [1.54, 1.807) is 22.4 Å². The highest BCUT2D eigenvalue weighted by Crippen LogP contribution is 2.29. The van der Waals surface area contributed by atoms with Gasteiger partial charge in [-0.2, -0.15) is 0 Å². The molecule has 2 aromatic rings. The zero-order valence-electron chi connectivity index (χ0n) is 13.0. The van der Waals surface area contributed by atoms with Crippen molar-refractivity contribution in [3.63, 3.8) is 0 Å². The highest BCUT2D eigenvalue weighted by atomic mass is 32.1. The summed E-state index contributed by atoms with van der Waals surface area (Å²) in [5, 5.41) is 3.48. The largest absolute Gasteiger partial charge is 0.335 e. The van der Waals surface area contributed by atoms with Gasteiger partial charge in [0, 0.05) is 24.2 Å². The second-order valence-electron chi connectivity index (χ2n) is 5.78. The molecule has 1 amide bonds. The van der Waals surface area contributed by atoms with Crippen LogP contribution in [0.15, 0.2) is 30.5 Å². The summed E-state index contributed by atoms with van der Waals surface area (Å²) >= 11 is 1.61. The number of rotatable bonds is 4. The maximum Gasteiger partial charge on any atom is 0.264 e. The molecule has 1 aliphatic heterocycles. The van der Waals surface area contributed by atoms with Gasteiger partial charge in [-0.15, -0.1) is 11.3 Å². The Morgan fingerprint density at radius 2 is 2.32 bits per heavy atom. The van der Waals surface area contributed by atoms with Crippen molar-refractivity contribution in [2.45, 2.75) is 32.4 Å². The molecular formula is C17H21N3OS. The van der Waals surface area contributed by atoms with E-state index in [0.29, 0.717) is 12.6 Å². The Kier molecular flexibility index (Phi) is 4.55. The predicted octanol–water partition coefficient (Wildman–Crippen LogP) is 3.15. The molecule has 0 aliphatic carbocycles. The number of carbonyl (C=O) groups excluding carboxylic acids is 1. The SMILES string of the molecule is Cc1cccnc1CN(C)C(=O)c1ccc([C@@H]2CCCN2)s1. The molecule has 4 nitrogen and oxygen atoms in total. The molecule has 1 saturated heterocycles. The number of aryl methyl sites for hydroxylation is 1. The first-order chi connectivity index (χ1) is 10.6. The normalized spacial score (nSPS) is 17.6. The van der Waals surface area contributed by atoms with Gasteiger partial charge >= 0.3 is 0 Å². The summed E-state index contributed by atoms with van der Waals surface area (Å²) in [6, 6.07) is 8.40. The minimum atomic E-state index is 0.0688. The molecule has 0 bridgehead atoms. The fourth-order valence-electron chi connectivity index (χ4n) is 2.75. The summed E-state index contributed by atoms with van der Waals surface area (Å²) in [7, 11) is 1.84. The first kappa shape index (κ1) is 15.2. The van der Waals surface area contributed by atoms with E-state index in [9.17, 15) is 4.79 Å². The van der Waals surface area contributed by atoms with Crippen LogP contribution in [0.3, 0.4) is 0 Å². The van der Waals surface area contributed by atoms with Crippen molar-refractivity contribution in [3.8, 4) is 0 Å². The number of amides is 1. The molecule has 116 valence electrons. The Balaban J connectivity index is 1.69.